The highest BCUT2D eigenvalue weighted by Gasteiger charge is 2.12. The first kappa shape index (κ1) is 15.2. The van der Waals surface area contributed by atoms with Gasteiger partial charge in [-0.25, -0.2) is 4.79 Å². The highest BCUT2D eigenvalue weighted by Crippen LogP contribution is 2.27. The lowest BCUT2D eigenvalue weighted by atomic mass is 10.1. The summed E-state index contributed by atoms with van der Waals surface area (Å²) in [6.07, 6.45) is 2.06. The van der Waals surface area contributed by atoms with E-state index in [1.165, 1.54) is 0 Å². The highest BCUT2D eigenvalue weighted by molar-refractivity contribution is 5.96. The lowest BCUT2D eigenvalue weighted by Gasteiger charge is -2.08. The van der Waals surface area contributed by atoms with E-state index in [0.29, 0.717) is 12.2 Å². The zero-order valence-electron chi connectivity index (χ0n) is 13.5. The molecule has 1 aromatic heterocycles. The summed E-state index contributed by atoms with van der Waals surface area (Å²) >= 11 is 0. The van der Waals surface area contributed by atoms with E-state index in [1.54, 1.807) is 20.1 Å². The summed E-state index contributed by atoms with van der Waals surface area (Å²) < 4.78 is 12.5. The maximum atomic E-state index is 11.9. The molecule has 0 fully saturated rings. The van der Waals surface area contributed by atoms with Crippen molar-refractivity contribution in [3.63, 3.8) is 0 Å². The number of hydrogen-bond acceptors (Lipinski definition) is 3. The summed E-state index contributed by atoms with van der Waals surface area (Å²) in [5.74, 6) is 0.521. The van der Waals surface area contributed by atoms with Crippen molar-refractivity contribution >= 4 is 16.9 Å². The molecule has 0 radical (unpaired) electrons. The monoisotopic (exact) mass is 309 g/mol. The van der Waals surface area contributed by atoms with Gasteiger partial charge in [0, 0.05) is 23.3 Å². The van der Waals surface area contributed by atoms with Crippen LogP contribution in [0.25, 0.3) is 16.6 Å². The molecule has 0 spiro atoms. The Labute approximate surface area is 135 Å². The molecule has 0 saturated heterocycles. The molecule has 0 atom stereocenters. The molecule has 0 aliphatic rings. The molecule has 4 nitrogen and oxygen atoms in total. The molecule has 0 aliphatic heterocycles. The molecule has 0 bridgehead atoms. The fourth-order valence-electron chi connectivity index (χ4n) is 2.71. The van der Waals surface area contributed by atoms with Crippen LogP contribution in [-0.4, -0.2) is 24.3 Å². The van der Waals surface area contributed by atoms with Crippen molar-refractivity contribution in [2.24, 2.45) is 0 Å². The van der Waals surface area contributed by atoms with E-state index in [-0.39, 0.29) is 5.97 Å². The molecule has 0 saturated carbocycles. The highest BCUT2D eigenvalue weighted by atomic mass is 16.5. The smallest absolute Gasteiger partial charge is 0.338 e. The van der Waals surface area contributed by atoms with Gasteiger partial charge < -0.3 is 14.0 Å². The third-order valence-electron chi connectivity index (χ3n) is 3.85. The Morgan fingerprint density at radius 2 is 2.00 bits per heavy atom. The topological polar surface area (TPSA) is 40.5 Å². The second-order valence-electron chi connectivity index (χ2n) is 5.34. The van der Waals surface area contributed by atoms with Gasteiger partial charge in [0.1, 0.15) is 5.75 Å². The number of aryl methyl sites for hydroxylation is 1. The van der Waals surface area contributed by atoms with Crippen LogP contribution in [0.5, 0.6) is 5.75 Å². The maximum absolute atomic E-state index is 11.9. The number of rotatable bonds is 4. The van der Waals surface area contributed by atoms with Crippen LogP contribution in [0.4, 0.5) is 0 Å². The first-order valence-corrected chi connectivity index (χ1v) is 7.57. The van der Waals surface area contributed by atoms with E-state index in [9.17, 15) is 4.79 Å². The maximum Gasteiger partial charge on any atom is 0.338 e. The van der Waals surface area contributed by atoms with Crippen LogP contribution >= 0.6 is 0 Å². The summed E-state index contributed by atoms with van der Waals surface area (Å²) in [6, 6.07) is 13.5. The van der Waals surface area contributed by atoms with Gasteiger partial charge in [0.05, 0.1) is 24.8 Å². The molecule has 0 N–H and O–H groups in total. The van der Waals surface area contributed by atoms with Crippen LogP contribution < -0.4 is 4.74 Å². The Balaban J connectivity index is 2.11. The number of ether oxygens (including phenoxy) is 2. The minimum absolute atomic E-state index is 0.289. The van der Waals surface area contributed by atoms with Gasteiger partial charge in [0.2, 0.25) is 0 Å². The third-order valence-corrected chi connectivity index (χ3v) is 3.85. The molecule has 0 unspecified atom stereocenters. The van der Waals surface area contributed by atoms with Gasteiger partial charge in [0.25, 0.3) is 0 Å². The zero-order valence-corrected chi connectivity index (χ0v) is 13.5. The van der Waals surface area contributed by atoms with E-state index in [2.05, 4.69) is 10.8 Å². The molecule has 0 amide bonds. The van der Waals surface area contributed by atoms with Crippen molar-refractivity contribution in [1.82, 2.24) is 4.57 Å². The number of esters is 1. The van der Waals surface area contributed by atoms with Crippen molar-refractivity contribution in [2.45, 2.75) is 13.8 Å². The molecule has 0 aliphatic carbocycles. The molecule has 2 aromatic carbocycles. The third kappa shape index (κ3) is 2.80. The quantitative estimate of drug-likeness (QED) is 0.681. The SMILES string of the molecule is CCOC(=O)c1ccc2c(c1)c(C)cn2-c1cccc(OC)c1. The van der Waals surface area contributed by atoms with Crippen LogP contribution in [0.15, 0.2) is 48.7 Å². The zero-order chi connectivity index (χ0) is 16.4. The number of fused-ring (bicyclic) bond motifs is 1. The van der Waals surface area contributed by atoms with Crippen LogP contribution in [0.1, 0.15) is 22.8 Å². The summed E-state index contributed by atoms with van der Waals surface area (Å²) in [6.45, 7) is 4.22. The van der Waals surface area contributed by atoms with Crippen molar-refractivity contribution in [3.05, 3.63) is 59.8 Å². The number of aromatic nitrogens is 1. The molecule has 23 heavy (non-hydrogen) atoms. The number of methoxy groups -OCH3 is 1. The fourth-order valence-corrected chi connectivity index (χ4v) is 2.71. The Morgan fingerprint density at radius 3 is 2.74 bits per heavy atom. The average molecular weight is 309 g/mol. The lowest BCUT2D eigenvalue weighted by molar-refractivity contribution is 0.0526. The Morgan fingerprint density at radius 1 is 1.17 bits per heavy atom. The van der Waals surface area contributed by atoms with Crippen molar-refractivity contribution in [1.29, 1.82) is 0 Å². The summed E-state index contributed by atoms with van der Waals surface area (Å²) in [7, 11) is 1.66. The molecule has 1 heterocycles. The number of benzene rings is 2. The van der Waals surface area contributed by atoms with E-state index in [4.69, 9.17) is 9.47 Å². The van der Waals surface area contributed by atoms with Crippen molar-refractivity contribution in [3.8, 4) is 11.4 Å². The number of nitrogens with zero attached hydrogens (tertiary/aromatic N) is 1. The predicted octanol–water partition coefficient (Wildman–Crippen LogP) is 4.12. The molecule has 3 rings (SSSR count). The van der Waals surface area contributed by atoms with Crippen LogP contribution in [-0.2, 0) is 4.74 Å². The molecule has 4 heteroatoms. The fraction of sp³-hybridized carbons (Fsp3) is 0.211. The predicted molar refractivity (Wildman–Crippen MR) is 90.5 cm³/mol. The van der Waals surface area contributed by atoms with Gasteiger partial charge in [0.15, 0.2) is 0 Å². The van der Waals surface area contributed by atoms with Crippen LogP contribution in [0.3, 0.4) is 0 Å². The molecular formula is C19H19NO3. The number of carbonyl (C=O) groups is 1. The number of carbonyl (C=O) groups excluding carboxylic acids is 1. The van der Waals surface area contributed by atoms with Crippen molar-refractivity contribution in [2.75, 3.05) is 13.7 Å². The minimum Gasteiger partial charge on any atom is -0.497 e. The van der Waals surface area contributed by atoms with E-state index < -0.39 is 0 Å². The minimum atomic E-state index is -0.289. The van der Waals surface area contributed by atoms with Gasteiger partial charge in [-0.3, -0.25) is 0 Å². The normalized spacial score (nSPS) is 10.7. The van der Waals surface area contributed by atoms with E-state index in [1.807, 2.05) is 43.3 Å². The van der Waals surface area contributed by atoms with Gasteiger partial charge in [-0.1, -0.05) is 6.07 Å². The van der Waals surface area contributed by atoms with Gasteiger partial charge in [-0.05, 0) is 49.7 Å². The van der Waals surface area contributed by atoms with E-state index >= 15 is 0 Å². The second kappa shape index (κ2) is 6.16. The number of hydrogen-bond donors (Lipinski definition) is 0. The largest absolute Gasteiger partial charge is 0.497 e. The summed E-state index contributed by atoms with van der Waals surface area (Å²) in [5, 5.41) is 1.04. The lowest BCUT2D eigenvalue weighted by Crippen LogP contribution is -2.04. The first-order chi connectivity index (χ1) is 11.1. The summed E-state index contributed by atoms with van der Waals surface area (Å²) in [4.78, 5) is 11.9. The Bertz CT molecular complexity index is 864. The van der Waals surface area contributed by atoms with E-state index in [0.717, 1.165) is 27.9 Å². The van der Waals surface area contributed by atoms with Gasteiger partial charge in [-0.15, -0.1) is 0 Å². The Hall–Kier alpha value is -2.75. The first-order valence-electron chi connectivity index (χ1n) is 7.57. The molecular weight excluding hydrogens is 290 g/mol. The molecule has 118 valence electrons. The van der Waals surface area contributed by atoms with Crippen molar-refractivity contribution < 1.29 is 14.3 Å². The Kier molecular flexibility index (Phi) is 4.06. The van der Waals surface area contributed by atoms with Gasteiger partial charge >= 0.3 is 5.97 Å². The van der Waals surface area contributed by atoms with Crippen LogP contribution in [0.2, 0.25) is 0 Å². The van der Waals surface area contributed by atoms with Crippen LogP contribution in [0, 0.1) is 6.92 Å². The van der Waals surface area contributed by atoms with Gasteiger partial charge in [-0.2, -0.15) is 0 Å². The average Bonchev–Trinajstić information content (AvgIpc) is 2.91. The molecule has 3 aromatic rings. The summed E-state index contributed by atoms with van der Waals surface area (Å²) in [5.41, 5.74) is 3.75. The standard InChI is InChI=1S/C19H19NO3/c1-4-23-19(21)14-8-9-18-17(10-14)13(2)12-20(18)15-6-5-7-16(11-15)22-3/h5-12H,4H2,1-3H3. The second-order valence-corrected chi connectivity index (χ2v) is 5.34.